The van der Waals surface area contributed by atoms with Crippen molar-refractivity contribution >= 4 is 11.7 Å². The number of nitrogens with zero attached hydrogens (tertiary/aromatic N) is 2. The lowest BCUT2D eigenvalue weighted by Crippen LogP contribution is -2.08. The van der Waals surface area contributed by atoms with Gasteiger partial charge in [0.2, 0.25) is 0 Å². The molecule has 2 aromatic rings. The van der Waals surface area contributed by atoms with E-state index in [4.69, 9.17) is 4.74 Å². The van der Waals surface area contributed by atoms with Crippen LogP contribution in [0.3, 0.4) is 0 Å². The van der Waals surface area contributed by atoms with Gasteiger partial charge in [0.15, 0.2) is 0 Å². The number of esters is 1. The Hall–Kier alpha value is -2.63. The summed E-state index contributed by atoms with van der Waals surface area (Å²) in [6.07, 6.45) is 2.07. The average Bonchev–Trinajstić information content (AvgIpc) is 2.84. The summed E-state index contributed by atoms with van der Waals surface area (Å²) in [4.78, 5) is 23.0. The molecule has 0 saturated heterocycles. The molecule has 6 nitrogen and oxygen atoms in total. The second-order valence-corrected chi connectivity index (χ2v) is 5.95. The maximum absolute atomic E-state index is 12.5. The second kappa shape index (κ2) is 7.96. The first-order valence-electron chi connectivity index (χ1n) is 8.53. The van der Waals surface area contributed by atoms with Crippen molar-refractivity contribution in [2.45, 2.75) is 47.1 Å². The number of hydrogen-bond acceptors (Lipinski definition) is 4. The van der Waals surface area contributed by atoms with Crippen LogP contribution >= 0.6 is 0 Å². The topological polar surface area (TPSA) is 74.4 Å². The molecular weight excluding hydrogens is 320 g/mol. The number of aromatic nitrogens is 1. The van der Waals surface area contributed by atoms with Crippen LogP contribution < -0.4 is 0 Å². The Balaban J connectivity index is 2.61. The van der Waals surface area contributed by atoms with Crippen molar-refractivity contribution < 1.29 is 14.5 Å². The molecule has 6 heteroatoms. The van der Waals surface area contributed by atoms with Gasteiger partial charge >= 0.3 is 5.97 Å². The highest BCUT2D eigenvalue weighted by atomic mass is 16.6. The van der Waals surface area contributed by atoms with E-state index in [1.807, 2.05) is 13.8 Å². The quantitative estimate of drug-likeness (QED) is 0.416. The minimum Gasteiger partial charge on any atom is -0.462 e. The summed E-state index contributed by atoms with van der Waals surface area (Å²) < 4.78 is 7.38. The summed E-state index contributed by atoms with van der Waals surface area (Å²) >= 11 is 0. The normalized spacial score (nSPS) is 10.7. The fraction of sp³-hybridized carbons (Fsp3) is 0.421. The van der Waals surface area contributed by atoms with Crippen LogP contribution in [-0.2, 0) is 11.3 Å². The van der Waals surface area contributed by atoms with Crippen LogP contribution in [0.15, 0.2) is 24.3 Å². The van der Waals surface area contributed by atoms with Crippen molar-refractivity contribution in [2.24, 2.45) is 0 Å². The van der Waals surface area contributed by atoms with E-state index < -0.39 is 4.92 Å². The third-order valence-electron chi connectivity index (χ3n) is 4.36. The van der Waals surface area contributed by atoms with Gasteiger partial charge in [0.05, 0.1) is 17.1 Å². The highest BCUT2D eigenvalue weighted by molar-refractivity contribution is 5.99. The molecule has 1 aromatic carbocycles. The van der Waals surface area contributed by atoms with Crippen LogP contribution in [0.25, 0.3) is 11.1 Å². The molecule has 0 unspecified atom stereocenters. The number of non-ortho nitro benzene ring substituents is 1. The van der Waals surface area contributed by atoms with E-state index in [1.165, 1.54) is 12.1 Å². The van der Waals surface area contributed by atoms with Crippen molar-refractivity contribution in [3.63, 3.8) is 0 Å². The number of unbranched alkanes of at least 4 members (excludes halogenated alkanes) is 1. The fourth-order valence-corrected chi connectivity index (χ4v) is 3.09. The predicted octanol–water partition coefficient (Wildman–Crippen LogP) is 4.66. The summed E-state index contributed by atoms with van der Waals surface area (Å²) in [5, 5.41) is 10.9. The molecule has 0 atom stereocenters. The van der Waals surface area contributed by atoms with Gasteiger partial charge < -0.3 is 9.30 Å². The van der Waals surface area contributed by atoms with Gasteiger partial charge in [0.25, 0.3) is 5.69 Å². The van der Waals surface area contributed by atoms with Gasteiger partial charge in [-0.05, 0) is 44.9 Å². The zero-order valence-corrected chi connectivity index (χ0v) is 15.2. The molecule has 0 saturated carbocycles. The molecule has 0 radical (unpaired) electrons. The number of carbonyl (C=O) groups excluding carboxylic acids is 1. The number of nitro benzene ring substituents is 1. The van der Waals surface area contributed by atoms with Crippen molar-refractivity contribution in [2.75, 3.05) is 6.61 Å². The zero-order chi connectivity index (χ0) is 18.6. The summed E-state index contributed by atoms with van der Waals surface area (Å²) in [6.45, 7) is 8.92. The zero-order valence-electron chi connectivity index (χ0n) is 15.2. The summed E-state index contributed by atoms with van der Waals surface area (Å²) in [6, 6.07) is 6.30. The third-order valence-corrected chi connectivity index (χ3v) is 4.36. The molecule has 0 bridgehead atoms. The molecule has 1 heterocycles. The fourth-order valence-electron chi connectivity index (χ4n) is 3.09. The van der Waals surface area contributed by atoms with Gasteiger partial charge in [-0.1, -0.05) is 13.3 Å². The van der Waals surface area contributed by atoms with E-state index in [2.05, 4.69) is 11.5 Å². The Morgan fingerprint density at radius 3 is 2.32 bits per heavy atom. The first-order chi connectivity index (χ1) is 11.9. The molecule has 134 valence electrons. The molecule has 0 spiro atoms. The van der Waals surface area contributed by atoms with E-state index in [9.17, 15) is 14.9 Å². The van der Waals surface area contributed by atoms with E-state index in [1.54, 1.807) is 19.1 Å². The molecular formula is C19H24N2O4. The SMILES string of the molecule is CCCCn1c(C)c(C(=O)OCC)c(-c2ccc([N+](=O)[O-])cc2)c1C. The number of ether oxygens (including phenoxy) is 1. The molecule has 1 aromatic heterocycles. The third kappa shape index (κ3) is 3.73. The number of benzene rings is 1. The Morgan fingerprint density at radius 2 is 1.80 bits per heavy atom. The van der Waals surface area contributed by atoms with Crippen LogP contribution in [0.4, 0.5) is 5.69 Å². The largest absolute Gasteiger partial charge is 0.462 e. The second-order valence-electron chi connectivity index (χ2n) is 5.95. The summed E-state index contributed by atoms with van der Waals surface area (Å²) in [7, 11) is 0. The van der Waals surface area contributed by atoms with E-state index >= 15 is 0 Å². The number of carbonyl (C=O) groups is 1. The maximum atomic E-state index is 12.5. The number of rotatable bonds is 7. The van der Waals surface area contributed by atoms with Crippen LogP contribution in [0.2, 0.25) is 0 Å². The highest BCUT2D eigenvalue weighted by Crippen LogP contribution is 2.34. The molecule has 25 heavy (non-hydrogen) atoms. The van der Waals surface area contributed by atoms with Crippen molar-refractivity contribution in [3.8, 4) is 11.1 Å². The minimum absolute atomic E-state index is 0.0289. The van der Waals surface area contributed by atoms with Gasteiger partial charge in [0.1, 0.15) is 0 Å². The molecule has 0 aliphatic carbocycles. The Morgan fingerprint density at radius 1 is 1.16 bits per heavy atom. The van der Waals surface area contributed by atoms with Gasteiger partial charge in [-0.15, -0.1) is 0 Å². The molecule has 0 amide bonds. The van der Waals surface area contributed by atoms with Crippen molar-refractivity contribution in [3.05, 3.63) is 51.3 Å². The Bertz CT molecular complexity index is 776. The molecule has 0 N–H and O–H groups in total. The van der Waals surface area contributed by atoms with Gasteiger partial charge in [-0.2, -0.15) is 0 Å². The molecule has 2 rings (SSSR count). The Labute approximate surface area is 147 Å². The van der Waals surface area contributed by atoms with Gasteiger partial charge in [0, 0.05) is 35.6 Å². The summed E-state index contributed by atoms with van der Waals surface area (Å²) in [5.41, 5.74) is 4.00. The molecule has 0 aliphatic heterocycles. The summed E-state index contributed by atoms with van der Waals surface area (Å²) in [5.74, 6) is -0.355. The average molecular weight is 344 g/mol. The lowest BCUT2D eigenvalue weighted by atomic mass is 10.0. The van der Waals surface area contributed by atoms with Crippen molar-refractivity contribution in [1.29, 1.82) is 0 Å². The smallest absolute Gasteiger partial charge is 0.340 e. The van der Waals surface area contributed by atoms with E-state index in [0.717, 1.165) is 41.9 Å². The maximum Gasteiger partial charge on any atom is 0.340 e. The van der Waals surface area contributed by atoms with Gasteiger partial charge in [-0.3, -0.25) is 10.1 Å². The lowest BCUT2D eigenvalue weighted by Gasteiger charge is -2.08. The standard InChI is InChI=1S/C19H24N2O4/c1-5-7-12-20-13(3)17(18(14(20)4)19(22)25-6-2)15-8-10-16(11-9-15)21(23)24/h8-11H,5-7,12H2,1-4H3. The monoisotopic (exact) mass is 344 g/mol. The van der Waals surface area contributed by atoms with E-state index in [0.29, 0.717) is 12.2 Å². The van der Waals surface area contributed by atoms with Crippen LogP contribution in [0, 0.1) is 24.0 Å². The first kappa shape index (κ1) is 18.7. The molecule has 0 aliphatic rings. The highest BCUT2D eigenvalue weighted by Gasteiger charge is 2.25. The van der Waals surface area contributed by atoms with Crippen molar-refractivity contribution in [1.82, 2.24) is 4.57 Å². The number of nitro groups is 1. The van der Waals surface area contributed by atoms with Crippen LogP contribution in [-0.4, -0.2) is 22.1 Å². The molecule has 0 fully saturated rings. The predicted molar refractivity (Wildman–Crippen MR) is 96.9 cm³/mol. The first-order valence-corrected chi connectivity index (χ1v) is 8.53. The lowest BCUT2D eigenvalue weighted by molar-refractivity contribution is -0.384. The Kier molecular flexibility index (Phi) is 5.96. The van der Waals surface area contributed by atoms with Gasteiger partial charge in [-0.25, -0.2) is 4.79 Å². The van der Waals surface area contributed by atoms with Crippen LogP contribution in [0.5, 0.6) is 0 Å². The number of hydrogen-bond donors (Lipinski definition) is 0. The van der Waals surface area contributed by atoms with Crippen LogP contribution in [0.1, 0.15) is 48.4 Å². The van der Waals surface area contributed by atoms with E-state index in [-0.39, 0.29) is 11.7 Å². The minimum atomic E-state index is -0.430.